The summed E-state index contributed by atoms with van der Waals surface area (Å²) < 4.78 is 44.7. The first-order valence-corrected chi connectivity index (χ1v) is 8.10. The van der Waals surface area contributed by atoms with Crippen molar-refractivity contribution in [3.63, 3.8) is 0 Å². The van der Waals surface area contributed by atoms with Gasteiger partial charge in [-0.2, -0.15) is 13.2 Å². The Balaban J connectivity index is 0.00000364. The lowest BCUT2D eigenvalue weighted by atomic mass is 10.1. The van der Waals surface area contributed by atoms with Gasteiger partial charge in [-0.25, -0.2) is 4.99 Å². The molecule has 2 N–H and O–H groups in total. The van der Waals surface area contributed by atoms with E-state index in [9.17, 15) is 13.2 Å². The van der Waals surface area contributed by atoms with Gasteiger partial charge in [0.05, 0.1) is 31.5 Å². The molecule has 2 aromatic rings. The maximum Gasteiger partial charge on any atom is 0.416 e. The van der Waals surface area contributed by atoms with E-state index in [1.165, 1.54) is 19.2 Å². The second-order valence-corrected chi connectivity index (χ2v) is 5.39. The quantitative estimate of drug-likeness (QED) is 0.363. The molecule has 5 nitrogen and oxygen atoms in total. The molecule has 0 saturated carbocycles. The molecule has 2 rings (SSSR count). The third-order valence-electron chi connectivity index (χ3n) is 3.54. The first-order chi connectivity index (χ1) is 12.4. The van der Waals surface area contributed by atoms with Gasteiger partial charge in [-0.3, -0.25) is 4.98 Å². The van der Waals surface area contributed by atoms with Crippen molar-refractivity contribution in [2.75, 3.05) is 13.7 Å². The number of nitrogens with zero attached hydrogens (tertiary/aromatic N) is 2. The molecule has 0 unspecified atom stereocenters. The van der Waals surface area contributed by atoms with E-state index >= 15 is 0 Å². The third-order valence-corrected chi connectivity index (χ3v) is 3.54. The number of pyridine rings is 1. The normalized spacial score (nSPS) is 11.5. The van der Waals surface area contributed by atoms with Gasteiger partial charge in [0, 0.05) is 12.7 Å². The zero-order chi connectivity index (χ0) is 19.0. The van der Waals surface area contributed by atoms with E-state index in [0.29, 0.717) is 19.0 Å². The summed E-state index contributed by atoms with van der Waals surface area (Å²) in [7, 11) is 1.33. The van der Waals surface area contributed by atoms with Gasteiger partial charge in [-0.15, -0.1) is 24.0 Å². The predicted molar refractivity (Wildman–Crippen MR) is 109 cm³/mol. The minimum Gasteiger partial charge on any atom is -0.497 e. The molecular weight excluding hydrogens is 472 g/mol. The number of halogens is 4. The zero-order valence-corrected chi connectivity index (χ0v) is 17.3. The zero-order valence-electron chi connectivity index (χ0n) is 15.0. The molecule has 0 saturated heterocycles. The van der Waals surface area contributed by atoms with Crippen LogP contribution in [0.25, 0.3) is 0 Å². The highest BCUT2D eigenvalue weighted by molar-refractivity contribution is 14.0. The van der Waals surface area contributed by atoms with Crippen molar-refractivity contribution in [2.24, 2.45) is 4.99 Å². The van der Waals surface area contributed by atoms with E-state index < -0.39 is 11.7 Å². The Hall–Kier alpha value is -2.04. The second-order valence-electron chi connectivity index (χ2n) is 5.39. The molecule has 1 aromatic carbocycles. The van der Waals surface area contributed by atoms with Crippen LogP contribution in [-0.4, -0.2) is 24.6 Å². The minimum atomic E-state index is -4.47. The molecule has 148 valence electrons. The summed E-state index contributed by atoms with van der Waals surface area (Å²) in [4.78, 5) is 8.44. The van der Waals surface area contributed by atoms with Crippen molar-refractivity contribution >= 4 is 29.9 Å². The average molecular weight is 494 g/mol. The Morgan fingerprint density at radius 2 is 1.96 bits per heavy atom. The summed E-state index contributed by atoms with van der Waals surface area (Å²) in [6, 6.07) is 9.38. The van der Waals surface area contributed by atoms with Gasteiger partial charge in [0.15, 0.2) is 5.96 Å². The number of hydrogen-bond donors (Lipinski definition) is 2. The Morgan fingerprint density at radius 1 is 1.19 bits per heavy atom. The van der Waals surface area contributed by atoms with Gasteiger partial charge in [0.1, 0.15) is 5.75 Å². The van der Waals surface area contributed by atoms with E-state index in [-0.39, 0.29) is 41.8 Å². The molecule has 0 spiro atoms. The molecule has 0 radical (unpaired) electrons. The summed E-state index contributed by atoms with van der Waals surface area (Å²) in [6.07, 6.45) is -2.80. The van der Waals surface area contributed by atoms with E-state index in [2.05, 4.69) is 20.6 Å². The van der Waals surface area contributed by atoms with Crippen LogP contribution in [0.5, 0.6) is 5.75 Å². The number of aliphatic imine (C=N–C) groups is 1. The summed E-state index contributed by atoms with van der Waals surface area (Å²) >= 11 is 0. The molecule has 0 bridgehead atoms. The van der Waals surface area contributed by atoms with Crippen LogP contribution in [0.15, 0.2) is 47.6 Å². The van der Waals surface area contributed by atoms with E-state index in [0.717, 1.165) is 11.8 Å². The van der Waals surface area contributed by atoms with Gasteiger partial charge in [0.25, 0.3) is 0 Å². The highest BCUT2D eigenvalue weighted by Gasteiger charge is 2.33. The second kappa shape index (κ2) is 11.0. The number of alkyl halides is 3. The van der Waals surface area contributed by atoms with E-state index in [1.54, 1.807) is 6.20 Å². The number of benzene rings is 1. The summed E-state index contributed by atoms with van der Waals surface area (Å²) in [5.74, 6) is 0.576. The maximum atomic E-state index is 13.3. The van der Waals surface area contributed by atoms with Crippen LogP contribution in [0.2, 0.25) is 0 Å². The lowest BCUT2D eigenvalue weighted by Crippen LogP contribution is -2.37. The lowest BCUT2D eigenvalue weighted by molar-refractivity contribution is -0.138. The van der Waals surface area contributed by atoms with Crippen molar-refractivity contribution in [2.45, 2.75) is 26.2 Å². The molecule has 9 heteroatoms. The van der Waals surface area contributed by atoms with Gasteiger partial charge in [-0.1, -0.05) is 12.1 Å². The highest BCUT2D eigenvalue weighted by Crippen LogP contribution is 2.34. The molecule has 0 aliphatic heterocycles. The van der Waals surface area contributed by atoms with Gasteiger partial charge < -0.3 is 15.4 Å². The van der Waals surface area contributed by atoms with Crippen LogP contribution in [0.3, 0.4) is 0 Å². The van der Waals surface area contributed by atoms with E-state index in [1.807, 2.05) is 25.1 Å². The number of hydrogen-bond acceptors (Lipinski definition) is 3. The van der Waals surface area contributed by atoms with Crippen LogP contribution in [0.1, 0.15) is 23.7 Å². The number of methoxy groups -OCH3 is 1. The van der Waals surface area contributed by atoms with Crippen molar-refractivity contribution in [1.29, 1.82) is 0 Å². The fraction of sp³-hybridized carbons (Fsp3) is 0.333. The van der Waals surface area contributed by atoms with E-state index in [4.69, 9.17) is 4.74 Å². The van der Waals surface area contributed by atoms with Crippen molar-refractivity contribution in [1.82, 2.24) is 15.6 Å². The molecule has 0 atom stereocenters. The predicted octanol–water partition coefficient (Wildman–Crippen LogP) is 3.98. The van der Waals surface area contributed by atoms with Crippen LogP contribution in [-0.2, 0) is 19.3 Å². The summed E-state index contributed by atoms with van der Waals surface area (Å²) in [6.45, 7) is 2.77. The fourth-order valence-corrected chi connectivity index (χ4v) is 2.27. The molecule has 0 aliphatic carbocycles. The third kappa shape index (κ3) is 7.24. The first kappa shape index (κ1) is 23.0. The lowest BCUT2D eigenvalue weighted by Gasteiger charge is -2.14. The summed E-state index contributed by atoms with van der Waals surface area (Å²) in [5.41, 5.74) is 0.132. The highest BCUT2D eigenvalue weighted by atomic mass is 127. The van der Waals surface area contributed by atoms with Crippen molar-refractivity contribution in [3.8, 4) is 5.75 Å². The number of guanidine groups is 1. The van der Waals surface area contributed by atoms with Crippen molar-refractivity contribution in [3.05, 3.63) is 59.4 Å². The standard InChI is InChI=1S/C18H21F3N4O.HI/c1-3-22-17(25-12-14-6-4-5-9-23-14)24-11-13-7-8-15(26-2)10-16(13)18(19,20)21;/h4-10H,3,11-12H2,1-2H3,(H2,22,24,25);1H. The molecule has 0 fully saturated rings. The Morgan fingerprint density at radius 3 is 2.56 bits per heavy atom. The van der Waals surface area contributed by atoms with Gasteiger partial charge >= 0.3 is 6.18 Å². The molecule has 0 aliphatic rings. The molecule has 27 heavy (non-hydrogen) atoms. The van der Waals surface area contributed by atoms with Gasteiger partial charge in [0.2, 0.25) is 0 Å². The van der Waals surface area contributed by atoms with Crippen molar-refractivity contribution < 1.29 is 17.9 Å². The molecule has 1 aromatic heterocycles. The Bertz CT molecular complexity index is 739. The fourth-order valence-electron chi connectivity index (χ4n) is 2.27. The maximum absolute atomic E-state index is 13.3. The first-order valence-electron chi connectivity index (χ1n) is 8.10. The van der Waals surface area contributed by atoms with Crippen LogP contribution >= 0.6 is 24.0 Å². The monoisotopic (exact) mass is 494 g/mol. The number of aromatic nitrogens is 1. The number of nitrogens with one attached hydrogen (secondary N) is 2. The minimum absolute atomic E-state index is 0. The molecule has 1 heterocycles. The van der Waals surface area contributed by atoms with Gasteiger partial charge in [-0.05, 0) is 36.8 Å². The van der Waals surface area contributed by atoms with Crippen LogP contribution in [0, 0.1) is 0 Å². The Labute approximate surface area is 173 Å². The molecule has 0 amide bonds. The largest absolute Gasteiger partial charge is 0.497 e. The topological polar surface area (TPSA) is 58.5 Å². The smallest absolute Gasteiger partial charge is 0.416 e. The summed E-state index contributed by atoms with van der Waals surface area (Å²) in [5, 5.41) is 6.07. The number of rotatable bonds is 6. The van der Waals surface area contributed by atoms with Crippen LogP contribution < -0.4 is 15.4 Å². The SMILES string of the molecule is CCNC(=NCc1ccc(OC)cc1C(F)(F)F)NCc1ccccn1.I. The average Bonchev–Trinajstić information content (AvgIpc) is 2.64. The molecular formula is C18H22F3IN4O. The number of ether oxygens (including phenoxy) is 1. The Kier molecular flexibility index (Phi) is 9.33. The van der Waals surface area contributed by atoms with Crippen LogP contribution in [0.4, 0.5) is 13.2 Å².